The van der Waals surface area contributed by atoms with E-state index < -0.39 is 38.0 Å². The minimum atomic E-state index is -4.57. The molecule has 0 fully saturated rings. The van der Waals surface area contributed by atoms with Crippen LogP contribution in [0, 0.1) is 10.1 Å². The van der Waals surface area contributed by atoms with Crippen molar-refractivity contribution in [2.75, 3.05) is 10.8 Å². The fraction of sp³-hybridized carbons (Fsp3) is 0.0714. The Hall–Kier alpha value is -2.40. The molecule has 0 saturated carbocycles. The summed E-state index contributed by atoms with van der Waals surface area (Å²) in [5.41, 5.74) is 0.945. The van der Waals surface area contributed by atoms with E-state index in [9.17, 15) is 23.3 Å². The first-order valence-electron chi connectivity index (χ1n) is 6.89. The van der Waals surface area contributed by atoms with E-state index in [1.807, 2.05) is 0 Å². The molecule has 0 radical (unpaired) electrons. The number of hydrogen-bond acceptors (Lipinski definition) is 6. The summed E-state index contributed by atoms with van der Waals surface area (Å²) in [7, 11) is -4.57. The molecule has 0 aliphatic heterocycles. The predicted octanol–water partition coefficient (Wildman–Crippen LogP) is 2.09. The lowest BCUT2D eigenvalue weighted by Gasteiger charge is -2.25. The van der Waals surface area contributed by atoms with E-state index in [4.69, 9.17) is 29.0 Å². The van der Waals surface area contributed by atoms with Gasteiger partial charge in [0.1, 0.15) is 6.54 Å². The summed E-state index contributed by atoms with van der Waals surface area (Å²) in [4.78, 5) is 21.5. The summed E-state index contributed by atoms with van der Waals surface area (Å²) in [6, 6.07) is 8.92. The van der Waals surface area contributed by atoms with Crippen molar-refractivity contribution in [2.45, 2.75) is 4.90 Å². The van der Waals surface area contributed by atoms with Crippen LogP contribution in [-0.4, -0.2) is 25.8 Å². The number of sulfonamides is 1. The number of rotatable bonds is 6. The Kier molecular flexibility index (Phi) is 6.03. The molecule has 0 aromatic heterocycles. The molecule has 12 heteroatoms. The van der Waals surface area contributed by atoms with Crippen LogP contribution in [0.3, 0.4) is 0 Å². The molecule has 0 aliphatic carbocycles. The van der Waals surface area contributed by atoms with Crippen molar-refractivity contribution in [2.24, 2.45) is 5.84 Å². The Morgan fingerprint density at radius 3 is 2.27 bits per heavy atom. The average Bonchev–Trinajstić information content (AvgIpc) is 2.60. The van der Waals surface area contributed by atoms with E-state index in [1.165, 1.54) is 30.3 Å². The molecule has 0 heterocycles. The third-order valence-corrected chi connectivity index (χ3v) is 5.67. The molecule has 2 aromatic carbocycles. The zero-order chi connectivity index (χ0) is 19.5. The summed E-state index contributed by atoms with van der Waals surface area (Å²) in [5, 5.41) is 11.1. The zero-order valence-electron chi connectivity index (χ0n) is 12.9. The summed E-state index contributed by atoms with van der Waals surface area (Å²) in [5.74, 6) is 4.17. The monoisotopic (exact) mass is 418 g/mol. The van der Waals surface area contributed by atoms with Crippen LogP contribution >= 0.6 is 23.2 Å². The van der Waals surface area contributed by atoms with Gasteiger partial charge in [-0.2, -0.15) is 0 Å². The number of halogens is 2. The number of anilines is 1. The van der Waals surface area contributed by atoms with Gasteiger partial charge in [0.2, 0.25) is 0 Å². The highest BCUT2D eigenvalue weighted by molar-refractivity contribution is 7.93. The van der Waals surface area contributed by atoms with Crippen molar-refractivity contribution < 1.29 is 18.1 Å². The second kappa shape index (κ2) is 7.87. The van der Waals surface area contributed by atoms with Crippen LogP contribution in [0.1, 0.15) is 0 Å². The molecule has 0 unspecified atom stereocenters. The lowest BCUT2D eigenvalue weighted by molar-refractivity contribution is -0.387. The number of carbonyl (C=O) groups is 1. The van der Waals surface area contributed by atoms with Crippen molar-refractivity contribution in [3.63, 3.8) is 0 Å². The topological polar surface area (TPSA) is 136 Å². The van der Waals surface area contributed by atoms with Crippen molar-refractivity contribution in [1.82, 2.24) is 5.43 Å². The van der Waals surface area contributed by atoms with Gasteiger partial charge in [-0.25, -0.2) is 14.3 Å². The van der Waals surface area contributed by atoms with Crippen LogP contribution < -0.4 is 15.6 Å². The summed E-state index contributed by atoms with van der Waals surface area (Å²) < 4.78 is 26.8. The number of hydrazine groups is 1. The van der Waals surface area contributed by atoms with Gasteiger partial charge in [0, 0.05) is 6.07 Å². The number of nitrogens with two attached hydrogens (primary N) is 1. The van der Waals surface area contributed by atoms with Gasteiger partial charge < -0.3 is 0 Å². The van der Waals surface area contributed by atoms with Gasteiger partial charge in [-0.1, -0.05) is 41.4 Å². The average molecular weight is 419 g/mol. The van der Waals surface area contributed by atoms with Gasteiger partial charge in [0.15, 0.2) is 4.90 Å². The second-order valence-electron chi connectivity index (χ2n) is 4.87. The number of benzene rings is 2. The molecule has 0 saturated heterocycles. The molecule has 0 bridgehead atoms. The van der Waals surface area contributed by atoms with E-state index in [-0.39, 0.29) is 15.7 Å². The molecule has 2 aromatic rings. The van der Waals surface area contributed by atoms with Crippen LogP contribution in [-0.2, 0) is 14.8 Å². The molecule has 0 spiro atoms. The third kappa shape index (κ3) is 3.88. The standard InChI is InChI=1S/C14H12Cl2N4O5S/c15-9-4-3-5-10(16)14(9)19(8-13(21)18-17)26(24,25)12-7-2-1-6-11(12)20(22)23/h1-7H,8,17H2,(H,18,21). The number of para-hydroxylation sites is 2. The first-order valence-corrected chi connectivity index (χ1v) is 9.09. The third-order valence-electron chi connectivity index (χ3n) is 3.27. The number of nitro groups is 1. The van der Waals surface area contributed by atoms with Gasteiger partial charge in [-0.05, 0) is 18.2 Å². The van der Waals surface area contributed by atoms with E-state index in [2.05, 4.69) is 0 Å². The zero-order valence-corrected chi connectivity index (χ0v) is 15.3. The first kappa shape index (κ1) is 19.9. The van der Waals surface area contributed by atoms with Gasteiger partial charge in [0.25, 0.3) is 21.6 Å². The highest BCUT2D eigenvalue weighted by atomic mass is 35.5. The van der Waals surface area contributed by atoms with Crippen LogP contribution in [0.2, 0.25) is 10.0 Å². The van der Waals surface area contributed by atoms with Crippen LogP contribution in [0.15, 0.2) is 47.4 Å². The maximum absolute atomic E-state index is 13.1. The van der Waals surface area contributed by atoms with Gasteiger partial charge in [0.05, 0.1) is 20.7 Å². The Morgan fingerprint density at radius 2 is 1.73 bits per heavy atom. The molecule has 26 heavy (non-hydrogen) atoms. The highest BCUT2D eigenvalue weighted by Gasteiger charge is 2.35. The van der Waals surface area contributed by atoms with E-state index in [0.29, 0.717) is 4.31 Å². The predicted molar refractivity (Wildman–Crippen MR) is 96.4 cm³/mol. The largest absolute Gasteiger partial charge is 0.293 e. The molecule has 0 aliphatic rings. The Morgan fingerprint density at radius 1 is 1.15 bits per heavy atom. The first-order chi connectivity index (χ1) is 12.2. The second-order valence-corrected chi connectivity index (χ2v) is 7.52. The maximum Gasteiger partial charge on any atom is 0.289 e. The molecule has 138 valence electrons. The molecular formula is C14H12Cl2N4O5S. The molecule has 0 atom stereocenters. The molecule has 1 amide bonds. The molecule has 2 rings (SSSR count). The minimum absolute atomic E-state index is 0.0653. The van der Waals surface area contributed by atoms with Crippen LogP contribution in [0.5, 0.6) is 0 Å². The van der Waals surface area contributed by atoms with Crippen molar-refractivity contribution in [3.8, 4) is 0 Å². The van der Waals surface area contributed by atoms with E-state index in [1.54, 1.807) is 5.43 Å². The number of nitrogens with one attached hydrogen (secondary N) is 1. The van der Waals surface area contributed by atoms with Crippen LogP contribution in [0.4, 0.5) is 11.4 Å². The lowest BCUT2D eigenvalue weighted by Crippen LogP contribution is -2.43. The normalized spacial score (nSPS) is 11.0. The Balaban J connectivity index is 2.73. The Labute approximate surface area is 158 Å². The smallest absolute Gasteiger partial charge is 0.289 e. The SMILES string of the molecule is NNC(=O)CN(c1c(Cl)cccc1Cl)S(=O)(=O)c1ccccc1[N+](=O)[O-]. The summed E-state index contributed by atoms with van der Waals surface area (Å²) in [6.07, 6.45) is 0. The fourth-order valence-corrected chi connectivity index (χ4v) is 4.45. The number of nitro benzene ring substituents is 1. The van der Waals surface area contributed by atoms with Gasteiger partial charge in [-0.15, -0.1) is 0 Å². The molecule has 3 N–H and O–H groups in total. The summed E-state index contributed by atoms with van der Waals surface area (Å²) >= 11 is 12.1. The maximum atomic E-state index is 13.1. The quantitative estimate of drug-likeness (QED) is 0.319. The fourth-order valence-electron chi connectivity index (χ4n) is 2.13. The van der Waals surface area contributed by atoms with Gasteiger partial charge in [-0.3, -0.25) is 24.6 Å². The minimum Gasteiger partial charge on any atom is -0.293 e. The number of amides is 1. The Bertz CT molecular complexity index is 947. The highest BCUT2D eigenvalue weighted by Crippen LogP contribution is 2.38. The van der Waals surface area contributed by atoms with Gasteiger partial charge >= 0.3 is 0 Å². The number of hydrogen-bond donors (Lipinski definition) is 2. The molecular weight excluding hydrogens is 407 g/mol. The van der Waals surface area contributed by atoms with Crippen LogP contribution in [0.25, 0.3) is 0 Å². The lowest BCUT2D eigenvalue weighted by atomic mass is 10.3. The number of carbonyl (C=O) groups excluding carboxylic acids is 1. The van der Waals surface area contributed by atoms with Crippen molar-refractivity contribution in [1.29, 1.82) is 0 Å². The molecule has 9 nitrogen and oxygen atoms in total. The van der Waals surface area contributed by atoms with Crippen molar-refractivity contribution in [3.05, 3.63) is 62.6 Å². The number of nitrogens with zero attached hydrogens (tertiary/aromatic N) is 2. The van der Waals surface area contributed by atoms with E-state index >= 15 is 0 Å². The van der Waals surface area contributed by atoms with E-state index in [0.717, 1.165) is 12.1 Å². The summed E-state index contributed by atoms with van der Waals surface area (Å²) in [6.45, 7) is -0.783. The van der Waals surface area contributed by atoms with Crippen molar-refractivity contribution >= 4 is 50.5 Å².